The zero-order valence-electron chi connectivity index (χ0n) is 8.10. The summed E-state index contributed by atoms with van der Waals surface area (Å²) in [4.78, 5) is 4.05. The lowest BCUT2D eigenvalue weighted by molar-refractivity contribution is 1.32. The molecule has 0 aliphatic heterocycles. The molecule has 1 aromatic heterocycles. The van der Waals surface area contributed by atoms with Gasteiger partial charge in [-0.05, 0) is 29.3 Å². The third kappa shape index (κ3) is 3.03. The number of aromatic nitrogens is 1. The van der Waals surface area contributed by atoms with Gasteiger partial charge in [0.15, 0.2) is 0 Å². The second kappa shape index (κ2) is 4.89. The lowest BCUT2D eigenvalue weighted by Crippen LogP contribution is -1.74. The molecule has 0 aliphatic carbocycles. The lowest BCUT2D eigenvalue weighted by atomic mass is 10.2. The van der Waals surface area contributed by atoms with E-state index in [-0.39, 0.29) is 0 Å². The molecule has 1 heterocycles. The van der Waals surface area contributed by atoms with E-state index >= 15 is 0 Å². The van der Waals surface area contributed by atoms with E-state index < -0.39 is 0 Å². The average molecular weight is 260 g/mol. The fraction of sp³-hybridized carbons (Fsp3) is 0. The molecule has 0 N–H and O–H groups in total. The van der Waals surface area contributed by atoms with E-state index in [0.717, 1.165) is 10.0 Å². The Morgan fingerprint density at radius 2 is 1.80 bits per heavy atom. The molecule has 0 radical (unpaired) electrons. The van der Waals surface area contributed by atoms with Crippen molar-refractivity contribution in [1.29, 1.82) is 0 Å². The van der Waals surface area contributed by atoms with Crippen LogP contribution in [0.15, 0.2) is 53.3 Å². The summed E-state index contributed by atoms with van der Waals surface area (Å²) < 4.78 is 1.09. The highest BCUT2D eigenvalue weighted by Crippen LogP contribution is 2.13. The first-order chi connectivity index (χ1) is 7.34. The summed E-state index contributed by atoms with van der Waals surface area (Å²) in [6, 6.07) is 12.1. The predicted octanol–water partition coefficient (Wildman–Crippen LogP) is 4.01. The Bertz CT molecular complexity index is 463. The Labute approximate surface area is 97.6 Å². The molecule has 2 aromatic rings. The first-order valence-corrected chi connectivity index (χ1v) is 5.47. The Kier molecular flexibility index (Phi) is 3.30. The Balaban J connectivity index is 2.19. The summed E-state index contributed by atoms with van der Waals surface area (Å²) in [6.07, 6.45) is 7.74. The van der Waals surface area contributed by atoms with Crippen molar-refractivity contribution in [3.63, 3.8) is 0 Å². The van der Waals surface area contributed by atoms with Crippen LogP contribution >= 0.6 is 15.9 Å². The van der Waals surface area contributed by atoms with Crippen LogP contribution in [0.4, 0.5) is 0 Å². The summed E-state index contributed by atoms with van der Waals surface area (Å²) in [5.74, 6) is 0. The van der Waals surface area contributed by atoms with Crippen LogP contribution in [0.1, 0.15) is 11.1 Å². The molecule has 1 nitrogen and oxygen atoms in total. The average Bonchev–Trinajstić information content (AvgIpc) is 2.28. The number of pyridine rings is 1. The van der Waals surface area contributed by atoms with E-state index in [1.165, 1.54) is 5.56 Å². The van der Waals surface area contributed by atoms with Crippen LogP contribution < -0.4 is 0 Å². The summed E-state index contributed by atoms with van der Waals surface area (Å²) in [7, 11) is 0. The van der Waals surface area contributed by atoms with E-state index in [4.69, 9.17) is 0 Å². The molecule has 0 saturated heterocycles. The van der Waals surface area contributed by atoms with Gasteiger partial charge in [-0.15, -0.1) is 0 Å². The van der Waals surface area contributed by atoms with Gasteiger partial charge in [-0.25, -0.2) is 0 Å². The first kappa shape index (κ1) is 10.1. The minimum absolute atomic E-state index is 1.09. The quantitative estimate of drug-likeness (QED) is 0.794. The Hall–Kier alpha value is -1.41. The topological polar surface area (TPSA) is 12.9 Å². The van der Waals surface area contributed by atoms with E-state index in [0.29, 0.717) is 0 Å². The number of halogens is 1. The van der Waals surface area contributed by atoms with Crippen LogP contribution in [0.3, 0.4) is 0 Å². The molecular weight excluding hydrogens is 250 g/mol. The van der Waals surface area contributed by atoms with Gasteiger partial charge in [-0.3, -0.25) is 4.98 Å². The summed E-state index contributed by atoms with van der Waals surface area (Å²) in [6.45, 7) is 0. The highest BCUT2D eigenvalue weighted by atomic mass is 79.9. The fourth-order valence-electron chi connectivity index (χ4n) is 1.28. The molecule has 0 fully saturated rings. The molecule has 2 rings (SSSR count). The Morgan fingerprint density at radius 3 is 2.53 bits per heavy atom. The molecule has 0 bridgehead atoms. The van der Waals surface area contributed by atoms with Crippen LogP contribution in [-0.2, 0) is 0 Å². The first-order valence-electron chi connectivity index (χ1n) is 4.68. The molecule has 2 heteroatoms. The van der Waals surface area contributed by atoms with Gasteiger partial charge in [0.25, 0.3) is 0 Å². The SMILES string of the molecule is Brc1cccc(/C=C\c2cccnc2)c1. The monoisotopic (exact) mass is 259 g/mol. The maximum absolute atomic E-state index is 4.05. The fourth-order valence-corrected chi connectivity index (χ4v) is 1.69. The van der Waals surface area contributed by atoms with Gasteiger partial charge in [0.1, 0.15) is 0 Å². The van der Waals surface area contributed by atoms with Crippen LogP contribution in [0.25, 0.3) is 12.2 Å². The second-order valence-corrected chi connectivity index (χ2v) is 4.09. The third-order valence-corrected chi connectivity index (χ3v) is 2.49. The Morgan fingerprint density at radius 1 is 1.00 bits per heavy atom. The standard InChI is InChI=1S/C13H10BrN/c14-13-5-1-3-11(9-13)6-7-12-4-2-8-15-10-12/h1-10H/b7-6-. The van der Waals surface area contributed by atoms with Gasteiger partial charge in [0.05, 0.1) is 0 Å². The molecule has 0 unspecified atom stereocenters. The van der Waals surface area contributed by atoms with Gasteiger partial charge in [-0.2, -0.15) is 0 Å². The minimum Gasteiger partial charge on any atom is -0.264 e. The van der Waals surface area contributed by atoms with Crippen LogP contribution in [0, 0.1) is 0 Å². The van der Waals surface area contributed by atoms with Gasteiger partial charge in [0, 0.05) is 16.9 Å². The second-order valence-electron chi connectivity index (χ2n) is 3.17. The largest absolute Gasteiger partial charge is 0.264 e. The van der Waals surface area contributed by atoms with Crippen LogP contribution in [0.2, 0.25) is 0 Å². The zero-order chi connectivity index (χ0) is 10.5. The zero-order valence-corrected chi connectivity index (χ0v) is 9.68. The van der Waals surface area contributed by atoms with Gasteiger partial charge in [-0.1, -0.05) is 46.3 Å². The number of rotatable bonds is 2. The number of nitrogens with zero attached hydrogens (tertiary/aromatic N) is 1. The molecule has 0 spiro atoms. The summed E-state index contributed by atoms with van der Waals surface area (Å²) >= 11 is 3.44. The maximum Gasteiger partial charge on any atom is 0.0340 e. The van der Waals surface area contributed by atoms with Crippen LogP contribution in [0.5, 0.6) is 0 Å². The third-order valence-electron chi connectivity index (χ3n) is 2.00. The van der Waals surface area contributed by atoms with Crippen molar-refractivity contribution in [3.05, 3.63) is 64.4 Å². The van der Waals surface area contributed by atoms with Crippen molar-refractivity contribution in [2.45, 2.75) is 0 Å². The molecule has 0 saturated carbocycles. The number of benzene rings is 1. The molecule has 0 amide bonds. The molecular formula is C13H10BrN. The molecule has 0 aliphatic rings. The number of hydrogen-bond acceptors (Lipinski definition) is 1. The number of hydrogen-bond donors (Lipinski definition) is 0. The molecule has 0 atom stereocenters. The van der Waals surface area contributed by atoms with Crippen LogP contribution in [-0.4, -0.2) is 4.98 Å². The van der Waals surface area contributed by atoms with E-state index in [9.17, 15) is 0 Å². The van der Waals surface area contributed by atoms with E-state index in [2.05, 4.69) is 45.2 Å². The van der Waals surface area contributed by atoms with Gasteiger partial charge < -0.3 is 0 Å². The van der Waals surface area contributed by atoms with Gasteiger partial charge >= 0.3 is 0 Å². The normalized spacial score (nSPS) is 10.7. The smallest absolute Gasteiger partial charge is 0.0340 e. The maximum atomic E-state index is 4.05. The van der Waals surface area contributed by atoms with Crippen molar-refractivity contribution in [1.82, 2.24) is 4.98 Å². The van der Waals surface area contributed by atoms with E-state index in [1.807, 2.05) is 30.5 Å². The highest BCUT2D eigenvalue weighted by molar-refractivity contribution is 9.10. The van der Waals surface area contributed by atoms with Crippen molar-refractivity contribution < 1.29 is 0 Å². The van der Waals surface area contributed by atoms with Crippen molar-refractivity contribution in [3.8, 4) is 0 Å². The summed E-state index contributed by atoms with van der Waals surface area (Å²) in [5.41, 5.74) is 2.28. The van der Waals surface area contributed by atoms with Crippen molar-refractivity contribution in [2.24, 2.45) is 0 Å². The van der Waals surface area contributed by atoms with Crippen molar-refractivity contribution in [2.75, 3.05) is 0 Å². The summed E-state index contributed by atoms with van der Waals surface area (Å²) in [5, 5.41) is 0. The van der Waals surface area contributed by atoms with Gasteiger partial charge in [0.2, 0.25) is 0 Å². The molecule has 74 valence electrons. The molecule has 15 heavy (non-hydrogen) atoms. The van der Waals surface area contributed by atoms with E-state index in [1.54, 1.807) is 6.20 Å². The predicted molar refractivity (Wildman–Crippen MR) is 67.3 cm³/mol. The van der Waals surface area contributed by atoms with Crippen molar-refractivity contribution >= 4 is 28.1 Å². The minimum atomic E-state index is 1.09. The highest BCUT2D eigenvalue weighted by Gasteiger charge is 1.89. The molecule has 1 aromatic carbocycles. The lowest BCUT2D eigenvalue weighted by Gasteiger charge is -1.94.